The van der Waals surface area contributed by atoms with E-state index in [9.17, 15) is 13.2 Å². The third-order valence-corrected chi connectivity index (χ3v) is 2.84. The van der Waals surface area contributed by atoms with Crippen LogP contribution >= 0.6 is 11.6 Å². The Bertz CT molecular complexity index is 523. The predicted molar refractivity (Wildman–Crippen MR) is 62.2 cm³/mol. The van der Waals surface area contributed by atoms with E-state index in [1.54, 1.807) is 0 Å². The monoisotopic (exact) mass is 274 g/mol. The maximum Gasteiger partial charge on any atom is 0.280 e. The summed E-state index contributed by atoms with van der Waals surface area (Å²) in [5.74, 6) is -0.377. The van der Waals surface area contributed by atoms with Gasteiger partial charge in [-0.1, -0.05) is 12.1 Å². The lowest BCUT2D eigenvalue weighted by Gasteiger charge is -2.08. The number of aromatic nitrogens is 2. The number of halogens is 4. The van der Waals surface area contributed by atoms with Gasteiger partial charge in [-0.2, -0.15) is 5.10 Å². The molecule has 18 heavy (non-hydrogen) atoms. The average molecular weight is 275 g/mol. The lowest BCUT2D eigenvalue weighted by atomic mass is 10.2. The quantitative estimate of drug-likeness (QED) is 0.777. The number of benzene rings is 1. The molecule has 1 aromatic carbocycles. The van der Waals surface area contributed by atoms with Crippen molar-refractivity contribution in [1.29, 1.82) is 0 Å². The minimum Gasteiger partial charge on any atom is -0.259 e. The smallest absolute Gasteiger partial charge is 0.259 e. The molecule has 0 unspecified atom stereocenters. The zero-order valence-corrected chi connectivity index (χ0v) is 10.0. The number of rotatable bonds is 4. The van der Waals surface area contributed by atoms with E-state index in [4.69, 9.17) is 11.6 Å². The molecular weight excluding hydrogens is 265 g/mol. The average Bonchev–Trinajstić information content (AvgIpc) is 2.75. The van der Waals surface area contributed by atoms with Gasteiger partial charge >= 0.3 is 0 Å². The highest BCUT2D eigenvalue weighted by Crippen LogP contribution is 2.24. The molecular formula is C12H10ClF3N2. The molecule has 2 aromatic rings. The number of hydrogen-bond acceptors (Lipinski definition) is 1. The SMILES string of the molecule is Fc1ccc(Cn2ncc(CCl)c2C(F)F)cc1. The Morgan fingerprint density at radius 3 is 2.44 bits per heavy atom. The molecule has 96 valence electrons. The summed E-state index contributed by atoms with van der Waals surface area (Å²) in [6.07, 6.45) is -1.31. The molecule has 2 rings (SSSR count). The second-order valence-corrected chi connectivity index (χ2v) is 4.04. The molecule has 0 aliphatic heterocycles. The molecule has 0 amide bonds. The number of nitrogens with zero attached hydrogens (tertiary/aromatic N) is 2. The summed E-state index contributed by atoms with van der Waals surface area (Å²) in [6, 6.07) is 5.63. The van der Waals surface area contributed by atoms with Crippen LogP contribution in [0.4, 0.5) is 13.2 Å². The van der Waals surface area contributed by atoms with E-state index >= 15 is 0 Å². The van der Waals surface area contributed by atoms with Gasteiger partial charge in [-0.3, -0.25) is 4.68 Å². The molecule has 0 saturated carbocycles. The molecule has 1 aromatic heterocycles. The maximum atomic E-state index is 12.9. The molecule has 0 atom stereocenters. The standard InChI is InChI=1S/C12H10ClF3N2/c13-5-9-6-17-18(11(9)12(15)16)7-8-1-3-10(14)4-2-8/h1-4,6,12H,5,7H2. The largest absolute Gasteiger partial charge is 0.280 e. The zero-order chi connectivity index (χ0) is 13.1. The van der Waals surface area contributed by atoms with Gasteiger partial charge in [-0.25, -0.2) is 13.2 Å². The van der Waals surface area contributed by atoms with Gasteiger partial charge in [0.2, 0.25) is 0 Å². The Labute approximate surface area is 107 Å². The molecule has 2 nitrogen and oxygen atoms in total. The summed E-state index contributed by atoms with van der Waals surface area (Å²) in [5, 5.41) is 3.88. The zero-order valence-electron chi connectivity index (χ0n) is 9.28. The second kappa shape index (κ2) is 5.44. The Hall–Kier alpha value is -1.49. The van der Waals surface area contributed by atoms with E-state index < -0.39 is 6.43 Å². The Morgan fingerprint density at radius 1 is 1.22 bits per heavy atom. The van der Waals surface area contributed by atoms with E-state index in [1.807, 2.05) is 0 Å². The van der Waals surface area contributed by atoms with Crippen LogP contribution in [0.2, 0.25) is 0 Å². The van der Waals surface area contributed by atoms with Crippen LogP contribution < -0.4 is 0 Å². The molecule has 0 spiro atoms. The van der Waals surface area contributed by atoms with Crippen LogP contribution in [-0.4, -0.2) is 9.78 Å². The van der Waals surface area contributed by atoms with Crippen molar-refractivity contribution >= 4 is 11.6 Å². The van der Waals surface area contributed by atoms with Crippen molar-refractivity contribution in [2.75, 3.05) is 0 Å². The van der Waals surface area contributed by atoms with Gasteiger partial charge in [0.05, 0.1) is 18.6 Å². The molecule has 0 fully saturated rings. The summed E-state index contributed by atoms with van der Waals surface area (Å²) in [5.41, 5.74) is 0.825. The lowest BCUT2D eigenvalue weighted by Crippen LogP contribution is -2.07. The molecule has 0 aliphatic carbocycles. The van der Waals surface area contributed by atoms with Gasteiger partial charge < -0.3 is 0 Å². The first-order valence-electron chi connectivity index (χ1n) is 5.25. The van der Waals surface area contributed by atoms with E-state index in [0.717, 1.165) is 0 Å². The number of alkyl halides is 3. The second-order valence-electron chi connectivity index (χ2n) is 3.77. The molecule has 0 radical (unpaired) electrons. The van der Waals surface area contributed by atoms with E-state index in [2.05, 4.69) is 5.10 Å². The minimum atomic E-state index is -2.64. The molecule has 0 bridgehead atoms. The molecule has 1 heterocycles. The van der Waals surface area contributed by atoms with Crippen LogP contribution in [0.15, 0.2) is 30.5 Å². The fourth-order valence-electron chi connectivity index (χ4n) is 1.68. The molecule has 6 heteroatoms. The summed E-state index contributed by atoms with van der Waals surface area (Å²) in [6.45, 7) is 0.164. The van der Waals surface area contributed by atoms with E-state index in [0.29, 0.717) is 11.1 Å². The third kappa shape index (κ3) is 2.67. The predicted octanol–water partition coefficient (Wildman–Crippen LogP) is 3.75. The van der Waals surface area contributed by atoms with Crippen LogP contribution in [-0.2, 0) is 12.4 Å². The molecule has 0 saturated heterocycles. The van der Waals surface area contributed by atoms with Gasteiger partial charge in [-0.15, -0.1) is 11.6 Å². The van der Waals surface area contributed by atoms with Crippen molar-refractivity contribution in [3.63, 3.8) is 0 Å². The van der Waals surface area contributed by atoms with Gasteiger partial charge in [0.1, 0.15) is 11.5 Å². The lowest BCUT2D eigenvalue weighted by molar-refractivity contribution is 0.139. The van der Waals surface area contributed by atoms with Crippen molar-refractivity contribution in [1.82, 2.24) is 9.78 Å². The minimum absolute atomic E-state index is 0.0108. The maximum absolute atomic E-state index is 12.9. The Morgan fingerprint density at radius 2 is 1.89 bits per heavy atom. The topological polar surface area (TPSA) is 17.8 Å². The first-order chi connectivity index (χ1) is 8.61. The molecule has 0 N–H and O–H groups in total. The summed E-state index contributed by atoms with van der Waals surface area (Å²) in [7, 11) is 0. The van der Waals surface area contributed by atoms with Gasteiger partial charge in [-0.05, 0) is 17.7 Å². The van der Waals surface area contributed by atoms with Crippen molar-refractivity contribution in [2.24, 2.45) is 0 Å². The van der Waals surface area contributed by atoms with Crippen LogP contribution in [0.3, 0.4) is 0 Å². The fourth-order valence-corrected chi connectivity index (χ4v) is 1.88. The van der Waals surface area contributed by atoms with Gasteiger partial charge in [0.25, 0.3) is 6.43 Å². The fraction of sp³-hybridized carbons (Fsp3) is 0.250. The van der Waals surface area contributed by atoms with Crippen molar-refractivity contribution < 1.29 is 13.2 Å². The van der Waals surface area contributed by atoms with Crippen molar-refractivity contribution in [3.8, 4) is 0 Å². The van der Waals surface area contributed by atoms with E-state index in [1.165, 1.54) is 35.1 Å². The van der Waals surface area contributed by atoms with Crippen LogP contribution in [0.5, 0.6) is 0 Å². The van der Waals surface area contributed by atoms with Gasteiger partial charge in [0, 0.05) is 5.56 Å². The van der Waals surface area contributed by atoms with Crippen molar-refractivity contribution in [3.05, 3.63) is 53.1 Å². The van der Waals surface area contributed by atoms with E-state index in [-0.39, 0.29) is 23.9 Å². The highest BCUT2D eigenvalue weighted by molar-refractivity contribution is 6.17. The summed E-state index contributed by atoms with van der Waals surface area (Å²) >= 11 is 5.58. The Kier molecular flexibility index (Phi) is 3.91. The first kappa shape index (κ1) is 13.0. The summed E-state index contributed by atoms with van der Waals surface area (Å²) in [4.78, 5) is 0. The number of hydrogen-bond donors (Lipinski definition) is 0. The third-order valence-electron chi connectivity index (χ3n) is 2.56. The highest BCUT2D eigenvalue weighted by atomic mass is 35.5. The van der Waals surface area contributed by atoms with Crippen LogP contribution in [0, 0.1) is 5.82 Å². The highest BCUT2D eigenvalue weighted by Gasteiger charge is 2.19. The molecule has 0 aliphatic rings. The van der Waals surface area contributed by atoms with Gasteiger partial charge in [0.15, 0.2) is 0 Å². The first-order valence-corrected chi connectivity index (χ1v) is 5.78. The normalized spacial score (nSPS) is 11.2. The Balaban J connectivity index is 2.28. The van der Waals surface area contributed by atoms with Crippen LogP contribution in [0.25, 0.3) is 0 Å². The summed E-state index contributed by atoms with van der Waals surface area (Å²) < 4.78 is 39.7. The van der Waals surface area contributed by atoms with Crippen molar-refractivity contribution in [2.45, 2.75) is 18.9 Å². The van der Waals surface area contributed by atoms with Crippen LogP contribution in [0.1, 0.15) is 23.2 Å².